The van der Waals surface area contributed by atoms with E-state index in [0.29, 0.717) is 6.42 Å². The summed E-state index contributed by atoms with van der Waals surface area (Å²) in [6, 6.07) is 11.7. The molecule has 1 radical (unpaired) electrons. The first kappa shape index (κ1) is 14.8. The van der Waals surface area contributed by atoms with E-state index in [1.165, 1.54) is 0 Å². The summed E-state index contributed by atoms with van der Waals surface area (Å²) in [5.74, 6) is 0. The van der Waals surface area contributed by atoms with Gasteiger partial charge in [0.1, 0.15) is 0 Å². The van der Waals surface area contributed by atoms with Crippen LogP contribution in [0.5, 0.6) is 0 Å². The van der Waals surface area contributed by atoms with Crippen molar-refractivity contribution in [1.82, 2.24) is 4.72 Å². The van der Waals surface area contributed by atoms with Crippen molar-refractivity contribution in [2.75, 3.05) is 19.0 Å². The fourth-order valence-corrected chi connectivity index (χ4v) is 2.95. The summed E-state index contributed by atoms with van der Waals surface area (Å²) in [6.07, 6.45) is 0.467. The maximum atomic E-state index is 10.9. The molecule has 0 aliphatic carbocycles. The molecule has 1 atom stereocenters. The lowest BCUT2D eigenvalue weighted by atomic mass is 9.97. The zero-order chi connectivity index (χ0) is 14.7. The van der Waals surface area contributed by atoms with Crippen molar-refractivity contribution in [3.63, 3.8) is 0 Å². The largest absolute Gasteiger partial charge is 0.377 e. The van der Waals surface area contributed by atoms with Crippen LogP contribution in [0.25, 0.3) is 10.8 Å². The SMILES string of the molecule is [CH2]CC(N[SH](=O)=O)c1cccc2c(N(C)C)cccc12. The minimum absolute atomic E-state index is 0.294. The third kappa shape index (κ3) is 2.94. The molecule has 2 aromatic carbocycles. The molecule has 0 amide bonds. The second-order valence-electron chi connectivity index (χ2n) is 4.84. The van der Waals surface area contributed by atoms with Gasteiger partial charge >= 0.3 is 0 Å². The van der Waals surface area contributed by atoms with Crippen LogP contribution in [0.15, 0.2) is 36.4 Å². The van der Waals surface area contributed by atoms with Gasteiger partial charge in [-0.2, -0.15) is 0 Å². The van der Waals surface area contributed by atoms with Gasteiger partial charge in [0.05, 0.1) is 0 Å². The van der Waals surface area contributed by atoms with Gasteiger partial charge in [0.15, 0.2) is 0 Å². The molecule has 0 saturated heterocycles. The summed E-state index contributed by atoms with van der Waals surface area (Å²) >= 11 is 0. The van der Waals surface area contributed by atoms with Crippen LogP contribution in [0.2, 0.25) is 0 Å². The van der Waals surface area contributed by atoms with Gasteiger partial charge in [-0.25, -0.2) is 13.1 Å². The highest BCUT2D eigenvalue weighted by molar-refractivity contribution is 7.70. The van der Waals surface area contributed by atoms with Gasteiger partial charge in [-0.1, -0.05) is 37.3 Å². The van der Waals surface area contributed by atoms with E-state index < -0.39 is 10.9 Å². The van der Waals surface area contributed by atoms with Crippen LogP contribution >= 0.6 is 0 Å². The van der Waals surface area contributed by atoms with Crippen LogP contribution < -0.4 is 9.62 Å². The van der Waals surface area contributed by atoms with E-state index in [1.807, 2.05) is 55.4 Å². The maximum absolute atomic E-state index is 10.9. The molecule has 1 N–H and O–H groups in total. The minimum Gasteiger partial charge on any atom is -0.377 e. The van der Waals surface area contributed by atoms with Crippen molar-refractivity contribution < 1.29 is 8.42 Å². The molecule has 0 fully saturated rings. The van der Waals surface area contributed by atoms with Crippen molar-refractivity contribution in [2.24, 2.45) is 0 Å². The molecular weight excluding hydrogens is 272 g/mol. The normalized spacial score (nSPS) is 12.8. The first-order chi connectivity index (χ1) is 9.54. The molecule has 2 rings (SSSR count). The van der Waals surface area contributed by atoms with E-state index in [2.05, 4.69) is 11.6 Å². The summed E-state index contributed by atoms with van der Waals surface area (Å²) in [4.78, 5) is 2.05. The van der Waals surface area contributed by atoms with Gasteiger partial charge in [0.25, 0.3) is 0 Å². The maximum Gasteiger partial charge on any atom is 0.201 e. The highest BCUT2D eigenvalue weighted by Gasteiger charge is 2.14. The van der Waals surface area contributed by atoms with Crippen LogP contribution in [0, 0.1) is 6.92 Å². The quantitative estimate of drug-likeness (QED) is 0.831. The summed E-state index contributed by atoms with van der Waals surface area (Å²) in [7, 11) is 1.34. The average molecular weight is 291 g/mol. The number of hydrogen-bond acceptors (Lipinski definition) is 3. The van der Waals surface area contributed by atoms with Gasteiger partial charge in [0.2, 0.25) is 10.9 Å². The molecule has 2 aromatic rings. The molecule has 0 spiro atoms. The Kier molecular flexibility index (Phi) is 4.62. The highest BCUT2D eigenvalue weighted by atomic mass is 32.2. The van der Waals surface area contributed by atoms with Crippen LogP contribution in [-0.2, 0) is 10.9 Å². The number of anilines is 1. The van der Waals surface area contributed by atoms with Gasteiger partial charge in [-0.3, -0.25) is 0 Å². The molecular formula is C15H19N2O2S. The molecule has 0 aliphatic heterocycles. The zero-order valence-electron chi connectivity index (χ0n) is 11.7. The monoisotopic (exact) mass is 291 g/mol. The van der Waals surface area contributed by atoms with Crippen molar-refractivity contribution >= 4 is 27.4 Å². The smallest absolute Gasteiger partial charge is 0.201 e. The Morgan fingerprint density at radius 2 is 1.80 bits per heavy atom. The van der Waals surface area contributed by atoms with E-state index in [-0.39, 0.29) is 6.04 Å². The van der Waals surface area contributed by atoms with Gasteiger partial charge in [-0.15, -0.1) is 0 Å². The van der Waals surface area contributed by atoms with Crippen LogP contribution in [0.4, 0.5) is 5.69 Å². The third-order valence-corrected chi connectivity index (χ3v) is 3.86. The summed E-state index contributed by atoms with van der Waals surface area (Å²) in [6.45, 7) is 3.84. The first-order valence-electron chi connectivity index (χ1n) is 6.43. The van der Waals surface area contributed by atoms with Crippen LogP contribution in [0.3, 0.4) is 0 Å². The number of nitrogens with zero attached hydrogens (tertiary/aromatic N) is 1. The standard InChI is InChI=1S/C15H19N2O2S/c1-4-14(16-20(18)19)12-8-5-9-13-11(12)7-6-10-15(13)17(2)3/h5-10,14,20H,1,4H2,2-3H3,(H,16,18,19). The van der Waals surface area contributed by atoms with Crippen LogP contribution in [-0.4, -0.2) is 22.5 Å². The van der Waals surface area contributed by atoms with Gasteiger partial charge < -0.3 is 4.90 Å². The Hall–Kier alpha value is -1.59. The Bertz CT molecular complexity index is 673. The molecule has 0 aliphatic rings. The first-order valence-corrected chi connectivity index (χ1v) is 7.61. The number of fused-ring (bicyclic) bond motifs is 1. The van der Waals surface area contributed by atoms with E-state index in [4.69, 9.17) is 0 Å². The predicted molar refractivity (Wildman–Crippen MR) is 84.4 cm³/mol. The molecule has 5 heteroatoms. The molecule has 107 valence electrons. The predicted octanol–water partition coefficient (Wildman–Crippen LogP) is 2.29. The second kappa shape index (κ2) is 6.24. The fraction of sp³-hybridized carbons (Fsp3) is 0.267. The Balaban J connectivity index is 2.62. The van der Waals surface area contributed by atoms with Crippen LogP contribution in [0.1, 0.15) is 18.0 Å². The summed E-state index contributed by atoms with van der Waals surface area (Å²) in [5, 5.41) is 2.16. The molecule has 1 unspecified atom stereocenters. The second-order valence-corrected chi connectivity index (χ2v) is 5.61. The van der Waals surface area contributed by atoms with E-state index in [9.17, 15) is 8.42 Å². The Morgan fingerprint density at radius 1 is 1.15 bits per heavy atom. The topological polar surface area (TPSA) is 49.4 Å². The number of thiol groups is 1. The highest BCUT2D eigenvalue weighted by Crippen LogP contribution is 2.31. The molecule has 20 heavy (non-hydrogen) atoms. The van der Waals surface area contributed by atoms with Crippen molar-refractivity contribution in [1.29, 1.82) is 0 Å². The lowest BCUT2D eigenvalue weighted by Crippen LogP contribution is -2.19. The fourth-order valence-electron chi connectivity index (χ4n) is 2.43. The lowest BCUT2D eigenvalue weighted by molar-refractivity contribution is 0.578. The number of benzene rings is 2. The van der Waals surface area contributed by atoms with E-state index in [1.54, 1.807) is 0 Å². The minimum atomic E-state index is -2.65. The van der Waals surface area contributed by atoms with E-state index >= 15 is 0 Å². The van der Waals surface area contributed by atoms with Gasteiger partial charge in [-0.05, 0) is 23.4 Å². The number of nitrogens with one attached hydrogen (secondary N) is 1. The van der Waals surface area contributed by atoms with Crippen molar-refractivity contribution in [3.05, 3.63) is 48.9 Å². The Labute approximate surface area is 121 Å². The molecule has 0 heterocycles. The molecule has 0 bridgehead atoms. The lowest BCUT2D eigenvalue weighted by Gasteiger charge is -2.20. The molecule has 4 nitrogen and oxygen atoms in total. The van der Waals surface area contributed by atoms with Gasteiger partial charge in [0, 0.05) is 31.2 Å². The molecule has 0 saturated carbocycles. The van der Waals surface area contributed by atoms with Crippen molar-refractivity contribution in [2.45, 2.75) is 12.5 Å². The van der Waals surface area contributed by atoms with E-state index in [0.717, 1.165) is 22.0 Å². The zero-order valence-corrected chi connectivity index (χ0v) is 12.6. The number of hydrogen-bond donors (Lipinski definition) is 2. The summed E-state index contributed by atoms with van der Waals surface area (Å²) in [5.41, 5.74) is 2.07. The van der Waals surface area contributed by atoms with Crippen molar-refractivity contribution in [3.8, 4) is 0 Å². The molecule has 0 aromatic heterocycles. The summed E-state index contributed by atoms with van der Waals surface area (Å²) < 4.78 is 24.5. The number of rotatable bonds is 5. The third-order valence-electron chi connectivity index (χ3n) is 3.34. The Morgan fingerprint density at radius 3 is 2.40 bits per heavy atom. The average Bonchev–Trinajstić information content (AvgIpc) is 2.43.